The Morgan fingerprint density at radius 3 is 2.44 bits per heavy atom. The summed E-state index contributed by atoms with van der Waals surface area (Å²) in [4.78, 5) is 0. The Kier molecular flexibility index (Phi) is 7.51. The molecule has 0 amide bonds. The second-order valence-electron chi connectivity index (χ2n) is 3.51. The third-order valence-corrected chi connectivity index (χ3v) is 2.45. The van der Waals surface area contributed by atoms with Crippen LogP contribution in [0.1, 0.15) is 25.7 Å². The van der Waals surface area contributed by atoms with Crippen molar-refractivity contribution >= 4 is 23.1 Å². The summed E-state index contributed by atoms with van der Waals surface area (Å²) in [6.07, 6.45) is 4.10. The quantitative estimate of drug-likeness (QED) is 0.539. The van der Waals surface area contributed by atoms with Gasteiger partial charge in [-0.3, -0.25) is 4.39 Å². The summed E-state index contributed by atoms with van der Waals surface area (Å²) in [5.41, 5.74) is 0. The van der Waals surface area contributed by atoms with Crippen LogP contribution < -0.4 is 21.7 Å². The maximum Gasteiger partial charge on any atom is 2.00 e. The smallest absolute Gasteiger partial charge is 1.00 e. The number of benzene rings is 1. The maximum absolute atomic E-state index is 13.1. The van der Waals surface area contributed by atoms with Gasteiger partial charge in [-0.2, -0.15) is 6.07 Å². The van der Waals surface area contributed by atoms with E-state index in [0.717, 1.165) is 31.7 Å². The number of rotatable bonds is 2. The van der Waals surface area contributed by atoms with Gasteiger partial charge in [0.15, 0.2) is 0 Å². The Balaban J connectivity index is 0.00000112. The average molecular weight is 301 g/mol. The van der Waals surface area contributed by atoms with Crippen LogP contribution in [0.25, 0.3) is 0 Å². The molecule has 0 atom stereocenters. The first-order valence-electron chi connectivity index (χ1n) is 4.79. The average Bonchev–Trinajstić information content (AvgIpc) is 2.66. The van der Waals surface area contributed by atoms with Crippen molar-refractivity contribution in [1.82, 2.24) is 0 Å². The molecule has 0 N–H and O–H groups in total. The van der Waals surface area contributed by atoms with Crippen LogP contribution in [0.4, 0.5) is 8.78 Å². The molecular weight excluding hydrogens is 290 g/mol. The number of hydrogen-bond donors (Lipinski definition) is 0. The summed E-state index contributed by atoms with van der Waals surface area (Å²) in [6.45, 7) is 0. The molecule has 0 saturated heterocycles. The van der Waals surface area contributed by atoms with Gasteiger partial charge in [0.25, 0.3) is 0 Å². The predicted molar refractivity (Wildman–Crippen MR) is 53.8 cm³/mol. The zero-order chi connectivity index (χ0) is 9.97. The van der Waals surface area contributed by atoms with Crippen LogP contribution >= 0.6 is 0 Å². The van der Waals surface area contributed by atoms with Gasteiger partial charge in [-0.1, -0.05) is 0 Å². The van der Waals surface area contributed by atoms with E-state index in [4.69, 9.17) is 4.74 Å². The monoisotopic (exact) mass is 300 g/mol. The second-order valence-corrected chi connectivity index (χ2v) is 3.51. The van der Waals surface area contributed by atoms with Gasteiger partial charge in [0.05, 0.1) is 11.9 Å². The van der Waals surface area contributed by atoms with Crippen molar-refractivity contribution in [2.45, 2.75) is 31.8 Å². The van der Waals surface area contributed by atoms with Crippen molar-refractivity contribution in [3.05, 3.63) is 29.8 Å². The summed E-state index contributed by atoms with van der Waals surface area (Å²) in [5, 5.41) is 0. The van der Waals surface area contributed by atoms with Crippen molar-refractivity contribution in [2.75, 3.05) is 0 Å². The van der Waals surface area contributed by atoms with Crippen LogP contribution in [0.5, 0.6) is 5.75 Å². The summed E-state index contributed by atoms with van der Waals surface area (Å²) >= 11 is 0. The molecule has 1 fully saturated rings. The van der Waals surface area contributed by atoms with Crippen LogP contribution in [0.15, 0.2) is 12.1 Å². The Morgan fingerprint density at radius 1 is 1.19 bits per heavy atom. The van der Waals surface area contributed by atoms with E-state index in [1.807, 2.05) is 0 Å². The zero-order valence-electron chi connectivity index (χ0n) is 8.81. The van der Waals surface area contributed by atoms with Crippen LogP contribution in [-0.4, -0.2) is 29.2 Å². The minimum absolute atomic E-state index is 0. The van der Waals surface area contributed by atoms with Crippen molar-refractivity contribution in [3.63, 3.8) is 0 Å². The fourth-order valence-corrected chi connectivity index (χ4v) is 1.71. The SMILES string of the molecule is Fc1c[c-]cc(OC2CCCC2)c1F.[Br-].[Mg+2]. The van der Waals surface area contributed by atoms with Gasteiger partial charge in [0, 0.05) is 11.6 Å². The first-order chi connectivity index (χ1) is 6.77. The van der Waals surface area contributed by atoms with Gasteiger partial charge in [-0.25, -0.2) is 4.39 Å². The van der Waals surface area contributed by atoms with Crippen molar-refractivity contribution in [2.24, 2.45) is 0 Å². The maximum atomic E-state index is 13.1. The van der Waals surface area contributed by atoms with Gasteiger partial charge in [-0.15, -0.1) is 12.1 Å². The fourth-order valence-electron chi connectivity index (χ4n) is 1.71. The molecule has 0 bridgehead atoms. The minimum atomic E-state index is -0.907. The molecule has 0 aromatic heterocycles. The van der Waals surface area contributed by atoms with Crippen molar-refractivity contribution in [3.8, 4) is 5.75 Å². The molecule has 84 valence electrons. The normalized spacial score (nSPS) is 15.1. The van der Waals surface area contributed by atoms with E-state index in [1.54, 1.807) is 0 Å². The molecule has 1 nitrogen and oxygen atoms in total. The molecule has 0 radical (unpaired) electrons. The molecule has 1 aliphatic carbocycles. The molecule has 1 aromatic carbocycles. The molecule has 1 saturated carbocycles. The Labute approximate surface area is 120 Å². The van der Waals surface area contributed by atoms with Crippen LogP contribution in [0.2, 0.25) is 0 Å². The van der Waals surface area contributed by atoms with Crippen LogP contribution in [-0.2, 0) is 0 Å². The Morgan fingerprint density at radius 2 is 1.81 bits per heavy atom. The minimum Gasteiger partial charge on any atom is -1.00 e. The third kappa shape index (κ3) is 3.86. The number of hydrogen-bond acceptors (Lipinski definition) is 1. The molecule has 1 aromatic rings. The van der Waals surface area contributed by atoms with Gasteiger partial charge >= 0.3 is 23.1 Å². The molecule has 16 heavy (non-hydrogen) atoms. The molecule has 2 rings (SSSR count). The zero-order valence-corrected chi connectivity index (χ0v) is 11.8. The van der Waals surface area contributed by atoms with Gasteiger partial charge in [0.1, 0.15) is 0 Å². The topological polar surface area (TPSA) is 9.23 Å². The number of halogens is 3. The summed E-state index contributed by atoms with van der Waals surface area (Å²) in [6, 6.07) is 4.82. The van der Waals surface area contributed by atoms with E-state index in [-0.39, 0.29) is 51.9 Å². The summed E-state index contributed by atoms with van der Waals surface area (Å²) in [7, 11) is 0. The summed E-state index contributed by atoms with van der Waals surface area (Å²) in [5.74, 6) is -1.83. The van der Waals surface area contributed by atoms with E-state index < -0.39 is 11.6 Å². The number of ether oxygens (including phenoxy) is 1. The second kappa shape index (κ2) is 7.45. The molecule has 1 aliphatic rings. The Hall–Kier alpha value is 0.126. The first kappa shape index (κ1) is 16.1. The van der Waals surface area contributed by atoms with Crippen LogP contribution in [0, 0.1) is 17.7 Å². The van der Waals surface area contributed by atoms with Crippen molar-refractivity contribution < 1.29 is 30.5 Å². The standard InChI is InChI=1S/C11H11F2O.BrH.Mg/c12-9-6-3-7-10(11(9)13)14-8-4-1-2-5-8;;/h6-8H,1-2,4-5H2;1H;/q-1;;+2/p-1. The van der Waals surface area contributed by atoms with E-state index in [0.29, 0.717) is 0 Å². The third-order valence-electron chi connectivity index (χ3n) is 2.45. The van der Waals surface area contributed by atoms with E-state index in [2.05, 4.69) is 6.07 Å². The van der Waals surface area contributed by atoms with Crippen molar-refractivity contribution in [1.29, 1.82) is 0 Å². The molecule has 0 aliphatic heterocycles. The van der Waals surface area contributed by atoms with Gasteiger partial charge in [0.2, 0.25) is 0 Å². The molecule has 0 unspecified atom stereocenters. The van der Waals surface area contributed by atoms with Crippen LogP contribution in [0.3, 0.4) is 0 Å². The molecule has 0 heterocycles. The van der Waals surface area contributed by atoms with Gasteiger partial charge < -0.3 is 21.7 Å². The van der Waals surface area contributed by atoms with E-state index in [9.17, 15) is 8.78 Å². The Bertz CT molecular complexity index is 330. The van der Waals surface area contributed by atoms with Gasteiger partial charge in [-0.05, 0) is 25.7 Å². The first-order valence-corrected chi connectivity index (χ1v) is 4.79. The fraction of sp³-hybridized carbons (Fsp3) is 0.455. The molecular formula is C11H11BrF2MgO. The summed E-state index contributed by atoms with van der Waals surface area (Å²) < 4.78 is 31.2. The van der Waals surface area contributed by atoms with E-state index in [1.165, 1.54) is 6.07 Å². The van der Waals surface area contributed by atoms with E-state index >= 15 is 0 Å². The largest absolute Gasteiger partial charge is 2.00 e. The molecule has 0 spiro atoms. The molecule has 5 heteroatoms. The predicted octanol–water partition coefficient (Wildman–Crippen LogP) is -0.290.